The molecule has 174 valence electrons. The molecule has 0 saturated heterocycles. The Bertz CT molecular complexity index is 1260. The van der Waals surface area contributed by atoms with E-state index in [1.165, 1.54) is 0 Å². The number of imidazole rings is 1. The maximum Gasteiger partial charge on any atom is 0.199 e. The van der Waals surface area contributed by atoms with Gasteiger partial charge >= 0.3 is 0 Å². The van der Waals surface area contributed by atoms with E-state index in [0.717, 1.165) is 63.8 Å². The van der Waals surface area contributed by atoms with E-state index >= 15 is 0 Å². The lowest BCUT2D eigenvalue weighted by Crippen LogP contribution is -2.18. The van der Waals surface area contributed by atoms with Crippen LogP contribution in [-0.2, 0) is 23.1 Å². The van der Waals surface area contributed by atoms with Crippen LogP contribution in [0.25, 0.3) is 32.4 Å². The number of thiophene rings is 1. The van der Waals surface area contributed by atoms with Crippen LogP contribution in [0.5, 0.6) is 0 Å². The molecule has 0 unspecified atom stereocenters. The molecule has 1 aliphatic carbocycles. The fourth-order valence-electron chi connectivity index (χ4n) is 4.44. The number of aromatic nitrogens is 6. The maximum absolute atomic E-state index is 5.58. The molecule has 0 aliphatic heterocycles. The Kier molecular flexibility index (Phi) is 6.13. The van der Waals surface area contributed by atoms with Crippen LogP contribution in [0, 0.1) is 6.92 Å². The van der Waals surface area contributed by atoms with Crippen molar-refractivity contribution in [3.8, 4) is 22.2 Å². The van der Waals surface area contributed by atoms with E-state index in [9.17, 15) is 0 Å². The van der Waals surface area contributed by atoms with Gasteiger partial charge in [0.1, 0.15) is 16.3 Å². The molecule has 1 aliphatic rings. The zero-order valence-electron chi connectivity index (χ0n) is 19.4. The van der Waals surface area contributed by atoms with Crippen LogP contribution in [0.1, 0.15) is 24.8 Å². The lowest BCUT2D eigenvalue weighted by Gasteiger charge is -2.15. The molecule has 0 aromatic carbocycles. The van der Waals surface area contributed by atoms with Gasteiger partial charge in [-0.05, 0) is 37.8 Å². The van der Waals surface area contributed by atoms with Crippen molar-refractivity contribution in [1.29, 1.82) is 0 Å². The monoisotopic (exact) mass is 467 g/mol. The van der Waals surface area contributed by atoms with Crippen LogP contribution >= 0.6 is 11.3 Å². The molecule has 1 fully saturated rings. The van der Waals surface area contributed by atoms with E-state index in [2.05, 4.69) is 17.2 Å². The summed E-state index contributed by atoms with van der Waals surface area (Å²) >= 11 is 1.65. The fourth-order valence-corrected chi connectivity index (χ4v) is 5.59. The van der Waals surface area contributed by atoms with Crippen molar-refractivity contribution in [3.05, 3.63) is 30.2 Å². The van der Waals surface area contributed by atoms with Gasteiger partial charge in [0.25, 0.3) is 0 Å². The predicted octanol–water partition coefficient (Wildman–Crippen LogP) is 3.89. The molecule has 1 saturated carbocycles. The van der Waals surface area contributed by atoms with Gasteiger partial charge in [0, 0.05) is 45.9 Å². The van der Waals surface area contributed by atoms with Gasteiger partial charge in [0.05, 0.1) is 29.5 Å². The third kappa shape index (κ3) is 4.25. The largest absolute Gasteiger partial charge is 0.383 e. The van der Waals surface area contributed by atoms with E-state index in [1.54, 1.807) is 31.8 Å². The second-order valence-corrected chi connectivity index (χ2v) is 9.46. The van der Waals surface area contributed by atoms with Gasteiger partial charge in [0.2, 0.25) is 0 Å². The number of nitrogens with zero attached hydrogens (tertiary/aromatic N) is 6. The van der Waals surface area contributed by atoms with Crippen LogP contribution < -0.4 is 5.32 Å². The van der Waals surface area contributed by atoms with Crippen molar-refractivity contribution in [2.45, 2.75) is 44.9 Å². The lowest BCUT2D eigenvalue weighted by atomic mass is 10.1. The van der Waals surface area contributed by atoms with E-state index in [4.69, 9.17) is 24.5 Å². The minimum Gasteiger partial charge on any atom is -0.383 e. The van der Waals surface area contributed by atoms with E-state index in [-0.39, 0.29) is 0 Å². The number of ether oxygens (including phenoxy) is 2. The average Bonchev–Trinajstić information content (AvgIpc) is 3.59. The first-order chi connectivity index (χ1) is 16.1. The molecular weight excluding hydrogens is 438 g/mol. The van der Waals surface area contributed by atoms with Gasteiger partial charge in [-0.15, -0.1) is 11.3 Å². The van der Waals surface area contributed by atoms with Gasteiger partial charge < -0.3 is 19.4 Å². The van der Waals surface area contributed by atoms with Crippen LogP contribution in [0.15, 0.2) is 24.7 Å². The van der Waals surface area contributed by atoms with E-state index < -0.39 is 0 Å². The zero-order valence-corrected chi connectivity index (χ0v) is 20.2. The molecule has 10 heteroatoms. The van der Waals surface area contributed by atoms with Crippen LogP contribution in [-0.4, -0.2) is 62.3 Å². The Hall–Kier alpha value is -2.82. The third-order valence-electron chi connectivity index (χ3n) is 6.27. The minimum atomic E-state index is 0.295. The Balaban J connectivity index is 1.58. The van der Waals surface area contributed by atoms with Gasteiger partial charge in [-0.1, -0.05) is 0 Å². The van der Waals surface area contributed by atoms with Gasteiger partial charge in [0.15, 0.2) is 11.6 Å². The first-order valence-corrected chi connectivity index (χ1v) is 12.0. The highest BCUT2D eigenvalue weighted by atomic mass is 32.1. The van der Waals surface area contributed by atoms with Crippen molar-refractivity contribution in [2.75, 3.05) is 26.1 Å². The summed E-state index contributed by atoms with van der Waals surface area (Å²) < 4.78 is 14.6. The summed E-state index contributed by atoms with van der Waals surface area (Å²) in [5.74, 6) is 2.23. The highest BCUT2D eigenvalue weighted by molar-refractivity contribution is 7.22. The summed E-state index contributed by atoms with van der Waals surface area (Å²) in [5, 5.41) is 9.52. The number of anilines is 1. The summed E-state index contributed by atoms with van der Waals surface area (Å²) in [6, 6.07) is 2.37. The summed E-state index contributed by atoms with van der Waals surface area (Å²) in [6.07, 6.45) is 9.06. The molecular formula is C23H29N7O2S. The molecule has 33 heavy (non-hydrogen) atoms. The topological polar surface area (TPSA) is 91.9 Å². The molecule has 4 aromatic heterocycles. The maximum atomic E-state index is 5.58. The Morgan fingerprint density at radius 2 is 2.09 bits per heavy atom. The number of nitrogens with one attached hydrogen (secondary N) is 1. The van der Waals surface area contributed by atoms with Crippen molar-refractivity contribution >= 4 is 27.4 Å². The SMILES string of the molecule is COCCn1ccc(-c2sc3nc(-c4nccn4C)nc(N[C@@H]4CC[C@H](OC)C4)c3c2C)n1. The van der Waals surface area contributed by atoms with Crippen molar-refractivity contribution < 1.29 is 9.47 Å². The second-order valence-electron chi connectivity index (χ2n) is 8.46. The Morgan fingerprint density at radius 1 is 1.21 bits per heavy atom. The molecule has 9 nitrogen and oxygen atoms in total. The first kappa shape index (κ1) is 22.0. The molecule has 1 N–H and O–H groups in total. The molecule has 4 aromatic rings. The molecule has 0 amide bonds. The zero-order chi connectivity index (χ0) is 22.9. The number of methoxy groups -OCH3 is 2. The number of fused-ring (bicyclic) bond motifs is 1. The summed E-state index contributed by atoms with van der Waals surface area (Å²) in [4.78, 5) is 16.4. The van der Waals surface area contributed by atoms with E-state index in [0.29, 0.717) is 24.6 Å². The lowest BCUT2D eigenvalue weighted by molar-refractivity contribution is 0.108. The Labute approximate surface area is 196 Å². The smallest absolute Gasteiger partial charge is 0.199 e. The first-order valence-electron chi connectivity index (χ1n) is 11.2. The average molecular weight is 468 g/mol. The van der Waals surface area contributed by atoms with Gasteiger partial charge in [-0.3, -0.25) is 4.68 Å². The molecule has 4 heterocycles. The second kappa shape index (κ2) is 9.20. The molecule has 2 atom stereocenters. The van der Waals surface area contributed by atoms with Crippen LogP contribution in [0.3, 0.4) is 0 Å². The van der Waals surface area contributed by atoms with Gasteiger partial charge in [-0.2, -0.15) is 5.10 Å². The number of aryl methyl sites for hydroxylation is 2. The van der Waals surface area contributed by atoms with Gasteiger partial charge in [-0.25, -0.2) is 15.0 Å². The van der Waals surface area contributed by atoms with Crippen molar-refractivity contribution in [3.63, 3.8) is 0 Å². The highest BCUT2D eigenvalue weighted by Gasteiger charge is 2.27. The standard InChI is InChI=1S/C23H29N7O2S/c1-14-18-20(25-15-5-6-16(13-15)32-4)26-21(22-24-8-10-29(22)2)27-23(18)33-19(14)17-7-9-30(28-17)11-12-31-3/h7-10,15-16H,5-6,11-13H2,1-4H3,(H,25,26,27)/t15-,16+/m1/s1. The van der Waals surface area contributed by atoms with Crippen molar-refractivity contribution in [2.24, 2.45) is 7.05 Å². The quantitative estimate of drug-likeness (QED) is 0.420. The fraction of sp³-hybridized carbons (Fsp3) is 0.478. The summed E-state index contributed by atoms with van der Waals surface area (Å²) in [6.45, 7) is 3.48. The minimum absolute atomic E-state index is 0.295. The summed E-state index contributed by atoms with van der Waals surface area (Å²) in [7, 11) is 5.45. The molecule has 0 radical (unpaired) electrons. The normalized spacial score (nSPS) is 18.4. The number of hydrogen-bond donors (Lipinski definition) is 1. The van der Waals surface area contributed by atoms with E-state index in [1.807, 2.05) is 34.8 Å². The summed E-state index contributed by atoms with van der Waals surface area (Å²) in [5.41, 5.74) is 2.08. The highest BCUT2D eigenvalue weighted by Crippen LogP contribution is 2.41. The van der Waals surface area contributed by atoms with Crippen LogP contribution in [0.4, 0.5) is 5.82 Å². The van der Waals surface area contributed by atoms with Crippen LogP contribution in [0.2, 0.25) is 0 Å². The molecule has 5 rings (SSSR count). The predicted molar refractivity (Wildman–Crippen MR) is 130 cm³/mol. The number of hydrogen-bond acceptors (Lipinski definition) is 8. The number of rotatable bonds is 8. The molecule has 0 spiro atoms. The third-order valence-corrected chi connectivity index (χ3v) is 7.48. The molecule has 0 bridgehead atoms. The van der Waals surface area contributed by atoms with Crippen molar-refractivity contribution in [1.82, 2.24) is 29.3 Å². The Morgan fingerprint density at radius 3 is 2.82 bits per heavy atom.